The second-order valence-electron chi connectivity index (χ2n) is 3.84. The molecule has 0 saturated heterocycles. The van der Waals surface area contributed by atoms with E-state index in [2.05, 4.69) is 15.9 Å². The van der Waals surface area contributed by atoms with Crippen LogP contribution in [0.2, 0.25) is 0 Å². The lowest BCUT2D eigenvalue weighted by atomic mass is 9.96. The quantitative estimate of drug-likeness (QED) is 0.911. The molecule has 0 bridgehead atoms. The Balaban J connectivity index is 2.65. The van der Waals surface area contributed by atoms with Crippen LogP contribution < -0.4 is 0 Å². The smallest absolute Gasteiger partial charge is 0.200 e. The van der Waals surface area contributed by atoms with Crippen molar-refractivity contribution in [2.24, 2.45) is 5.92 Å². The van der Waals surface area contributed by atoms with Crippen molar-refractivity contribution < 1.29 is 13.5 Å². The van der Waals surface area contributed by atoms with Gasteiger partial charge in [0.05, 0.1) is 4.90 Å². The van der Waals surface area contributed by atoms with E-state index >= 15 is 0 Å². The molecule has 2 rings (SSSR count). The van der Waals surface area contributed by atoms with Gasteiger partial charge in [-0.15, -0.1) is 0 Å². The topological polar surface area (TPSA) is 54.4 Å². The van der Waals surface area contributed by atoms with E-state index in [9.17, 15) is 8.42 Å². The molecule has 1 aromatic rings. The van der Waals surface area contributed by atoms with Crippen LogP contribution in [0.5, 0.6) is 0 Å². The minimum atomic E-state index is -3.34. The zero-order valence-electron chi connectivity index (χ0n) is 8.64. The lowest BCUT2D eigenvalue weighted by molar-refractivity contribution is 0.266. The first-order valence-corrected chi connectivity index (χ1v) is 7.17. The SMILES string of the molecule is CC(CO)C1=CS(=O)(=O)c2cc(Br)ccc21. The van der Waals surface area contributed by atoms with Crippen molar-refractivity contribution >= 4 is 31.3 Å². The van der Waals surface area contributed by atoms with Gasteiger partial charge in [-0.05, 0) is 23.3 Å². The van der Waals surface area contributed by atoms with E-state index in [0.717, 1.165) is 4.47 Å². The molecule has 1 unspecified atom stereocenters. The van der Waals surface area contributed by atoms with Crippen molar-refractivity contribution in [3.8, 4) is 0 Å². The predicted molar refractivity (Wildman–Crippen MR) is 65.6 cm³/mol. The van der Waals surface area contributed by atoms with Gasteiger partial charge < -0.3 is 5.11 Å². The van der Waals surface area contributed by atoms with Crippen LogP contribution in [0.1, 0.15) is 12.5 Å². The monoisotopic (exact) mass is 302 g/mol. The Hall–Kier alpha value is -0.650. The molecular weight excluding hydrogens is 292 g/mol. The van der Waals surface area contributed by atoms with Gasteiger partial charge in [-0.1, -0.05) is 28.9 Å². The maximum atomic E-state index is 11.9. The van der Waals surface area contributed by atoms with E-state index in [1.54, 1.807) is 25.1 Å². The minimum Gasteiger partial charge on any atom is -0.396 e. The van der Waals surface area contributed by atoms with Crippen LogP contribution in [0.4, 0.5) is 0 Å². The third-order valence-corrected chi connectivity index (χ3v) is 4.66. The molecule has 0 fully saturated rings. The molecule has 1 N–H and O–H groups in total. The first-order chi connectivity index (χ1) is 7.45. The second-order valence-corrected chi connectivity index (χ2v) is 6.52. The van der Waals surface area contributed by atoms with Gasteiger partial charge in [-0.25, -0.2) is 8.42 Å². The molecule has 0 aromatic heterocycles. The molecule has 0 radical (unpaired) electrons. The fourth-order valence-electron chi connectivity index (χ4n) is 1.74. The molecule has 0 aliphatic carbocycles. The van der Waals surface area contributed by atoms with E-state index in [-0.39, 0.29) is 12.5 Å². The Morgan fingerprint density at radius 1 is 1.44 bits per heavy atom. The van der Waals surface area contributed by atoms with Gasteiger partial charge in [0.25, 0.3) is 0 Å². The van der Waals surface area contributed by atoms with Crippen molar-refractivity contribution in [3.63, 3.8) is 0 Å². The molecule has 5 heteroatoms. The fraction of sp³-hybridized carbons (Fsp3) is 0.273. The largest absolute Gasteiger partial charge is 0.396 e. The number of fused-ring (bicyclic) bond motifs is 1. The molecule has 1 aliphatic rings. The lowest BCUT2D eigenvalue weighted by Gasteiger charge is -2.10. The highest BCUT2D eigenvalue weighted by Crippen LogP contribution is 2.38. The third kappa shape index (κ3) is 1.83. The maximum absolute atomic E-state index is 11.9. The van der Waals surface area contributed by atoms with Crippen LogP contribution >= 0.6 is 15.9 Å². The number of sulfone groups is 1. The third-order valence-electron chi connectivity index (χ3n) is 2.65. The van der Waals surface area contributed by atoms with Crippen LogP contribution in [-0.2, 0) is 9.84 Å². The van der Waals surface area contributed by atoms with Crippen LogP contribution in [0, 0.1) is 5.92 Å². The molecule has 1 aliphatic heterocycles. The lowest BCUT2D eigenvalue weighted by Crippen LogP contribution is -2.02. The minimum absolute atomic E-state index is 0.0587. The van der Waals surface area contributed by atoms with Crippen LogP contribution in [0.15, 0.2) is 33.0 Å². The first-order valence-electron chi connectivity index (χ1n) is 4.83. The molecule has 0 saturated carbocycles. The first kappa shape index (κ1) is 11.8. The van der Waals surface area contributed by atoms with Crippen molar-refractivity contribution in [1.29, 1.82) is 0 Å². The zero-order valence-corrected chi connectivity index (χ0v) is 11.0. The summed E-state index contributed by atoms with van der Waals surface area (Å²) in [5.41, 5.74) is 1.38. The van der Waals surface area contributed by atoms with Crippen LogP contribution in [0.3, 0.4) is 0 Å². The van der Waals surface area contributed by atoms with Crippen molar-refractivity contribution in [2.75, 3.05) is 6.61 Å². The Bertz CT molecular complexity index is 561. The molecule has 1 aromatic carbocycles. The summed E-state index contributed by atoms with van der Waals surface area (Å²) in [6.07, 6.45) is 0. The zero-order chi connectivity index (χ0) is 11.9. The van der Waals surface area contributed by atoms with Gasteiger partial charge in [0.15, 0.2) is 0 Å². The standard InChI is InChI=1S/C11H11BrO3S/c1-7(5-13)10-6-16(14,15)11-4-8(12)2-3-9(10)11/h2-4,6-7,13H,5H2,1H3. The normalized spacial score (nSPS) is 19.1. The Morgan fingerprint density at radius 2 is 2.12 bits per heavy atom. The molecular formula is C11H11BrO3S. The average Bonchev–Trinajstić information content (AvgIpc) is 2.50. The van der Waals surface area contributed by atoms with Crippen molar-refractivity contribution in [2.45, 2.75) is 11.8 Å². The summed E-state index contributed by atoms with van der Waals surface area (Å²) in [4.78, 5) is 0.317. The highest BCUT2D eigenvalue weighted by molar-refractivity contribution is 9.10. The number of rotatable bonds is 2. The molecule has 16 heavy (non-hydrogen) atoms. The van der Waals surface area contributed by atoms with Gasteiger partial charge in [0, 0.05) is 22.4 Å². The van der Waals surface area contributed by atoms with Crippen LogP contribution in [0.25, 0.3) is 5.57 Å². The Kier molecular flexibility index (Phi) is 2.94. The molecule has 1 heterocycles. The van der Waals surface area contributed by atoms with Crippen molar-refractivity contribution in [3.05, 3.63) is 33.6 Å². The number of halogens is 1. The summed E-state index contributed by atoms with van der Waals surface area (Å²) >= 11 is 3.25. The van der Waals surface area contributed by atoms with Gasteiger partial charge >= 0.3 is 0 Å². The van der Waals surface area contributed by atoms with Gasteiger partial charge in [-0.3, -0.25) is 0 Å². The average molecular weight is 303 g/mol. The number of aliphatic hydroxyl groups is 1. The summed E-state index contributed by atoms with van der Waals surface area (Å²) < 4.78 is 24.5. The molecule has 0 spiro atoms. The number of hydrogen-bond donors (Lipinski definition) is 1. The van der Waals surface area contributed by atoms with Gasteiger partial charge in [0.2, 0.25) is 9.84 Å². The van der Waals surface area contributed by atoms with E-state index in [4.69, 9.17) is 5.11 Å². The molecule has 3 nitrogen and oxygen atoms in total. The molecule has 1 atom stereocenters. The molecule has 0 amide bonds. The van der Waals surface area contributed by atoms with Crippen LogP contribution in [-0.4, -0.2) is 20.1 Å². The predicted octanol–water partition coefficient (Wildman–Crippen LogP) is 2.21. The van der Waals surface area contributed by atoms with E-state index in [1.165, 1.54) is 5.41 Å². The summed E-state index contributed by atoms with van der Waals surface area (Å²) in [5, 5.41) is 10.4. The van der Waals surface area contributed by atoms with Gasteiger partial charge in [-0.2, -0.15) is 0 Å². The van der Waals surface area contributed by atoms with E-state index in [0.29, 0.717) is 16.0 Å². The summed E-state index contributed by atoms with van der Waals surface area (Å²) in [6, 6.07) is 5.16. The summed E-state index contributed by atoms with van der Waals surface area (Å²) in [6.45, 7) is 1.75. The highest BCUT2D eigenvalue weighted by atomic mass is 79.9. The molecule has 86 valence electrons. The number of hydrogen-bond acceptors (Lipinski definition) is 3. The Labute approximate surface area is 103 Å². The van der Waals surface area contributed by atoms with E-state index in [1.807, 2.05) is 0 Å². The number of benzene rings is 1. The van der Waals surface area contributed by atoms with Gasteiger partial charge in [0.1, 0.15) is 0 Å². The highest BCUT2D eigenvalue weighted by Gasteiger charge is 2.29. The number of aliphatic hydroxyl groups excluding tert-OH is 1. The summed E-state index contributed by atoms with van der Waals surface area (Å²) in [7, 11) is -3.34. The van der Waals surface area contributed by atoms with Crippen molar-refractivity contribution in [1.82, 2.24) is 0 Å². The fourth-order valence-corrected chi connectivity index (χ4v) is 3.86. The Morgan fingerprint density at radius 3 is 2.75 bits per heavy atom. The second kappa shape index (κ2) is 3.98. The maximum Gasteiger partial charge on any atom is 0.200 e. The van der Waals surface area contributed by atoms with E-state index < -0.39 is 9.84 Å². The summed E-state index contributed by atoms with van der Waals surface area (Å²) in [5.74, 6) is -0.169.